The van der Waals surface area contributed by atoms with Crippen molar-refractivity contribution in [2.75, 3.05) is 5.32 Å². The average Bonchev–Trinajstić information content (AvgIpc) is 3.07. The number of ether oxygens (including phenoxy) is 1. The minimum absolute atomic E-state index is 0.0989. The van der Waals surface area contributed by atoms with Crippen LogP contribution in [0.4, 0.5) is 5.13 Å². The number of nitrogens with zero attached hydrogens (tertiary/aromatic N) is 2. The molecule has 0 aliphatic rings. The van der Waals surface area contributed by atoms with Crippen molar-refractivity contribution in [3.8, 4) is 5.75 Å². The van der Waals surface area contributed by atoms with Gasteiger partial charge in [-0.1, -0.05) is 64.9 Å². The van der Waals surface area contributed by atoms with Crippen LogP contribution in [-0.2, 0) is 17.8 Å². The van der Waals surface area contributed by atoms with Crippen LogP contribution >= 0.6 is 34.5 Å². The maximum Gasteiger partial charge on any atom is 0.226 e. The third-order valence-electron chi connectivity index (χ3n) is 3.44. The lowest BCUT2D eigenvalue weighted by Gasteiger charge is -2.05. The van der Waals surface area contributed by atoms with E-state index in [4.69, 9.17) is 27.9 Å². The van der Waals surface area contributed by atoms with Gasteiger partial charge in [0.05, 0.1) is 5.02 Å². The van der Waals surface area contributed by atoms with E-state index in [-0.39, 0.29) is 12.5 Å². The van der Waals surface area contributed by atoms with E-state index in [1.54, 1.807) is 18.2 Å². The van der Waals surface area contributed by atoms with Crippen molar-refractivity contribution in [2.24, 2.45) is 0 Å². The Morgan fingerprint density at radius 2 is 1.92 bits per heavy atom. The molecule has 0 radical (unpaired) electrons. The molecular weight excluding hydrogens is 393 g/mol. The van der Waals surface area contributed by atoms with Crippen molar-refractivity contribution in [3.05, 3.63) is 69.1 Å². The molecule has 3 rings (SSSR count). The Kier molecular flexibility index (Phi) is 6.44. The zero-order valence-corrected chi connectivity index (χ0v) is 15.9. The Morgan fingerprint density at radius 1 is 1.12 bits per heavy atom. The smallest absolute Gasteiger partial charge is 0.226 e. The zero-order chi connectivity index (χ0) is 18.4. The molecule has 1 amide bonds. The molecule has 134 valence electrons. The molecule has 0 aliphatic carbocycles. The Morgan fingerprint density at radius 3 is 2.69 bits per heavy atom. The van der Waals surface area contributed by atoms with Gasteiger partial charge < -0.3 is 10.1 Å². The number of rotatable bonds is 7. The number of hydrogen-bond donors (Lipinski definition) is 1. The summed E-state index contributed by atoms with van der Waals surface area (Å²) in [4.78, 5) is 12.0. The normalized spacial score (nSPS) is 10.5. The molecule has 1 heterocycles. The van der Waals surface area contributed by atoms with Gasteiger partial charge in [-0.25, -0.2) is 0 Å². The summed E-state index contributed by atoms with van der Waals surface area (Å²) in [7, 11) is 0. The van der Waals surface area contributed by atoms with Gasteiger partial charge >= 0.3 is 0 Å². The van der Waals surface area contributed by atoms with Gasteiger partial charge in [0.25, 0.3) is 0 Å². The number of benzene rings is 2. The minimum atomic E-state index is -0.0989. The molecule has 0 spiro atoms. The number of hydrogen-bond acceptors (Lipinski definition) is 5. The van der Waals surface area contributed by atoms with Gasteiger partial charge in [0, 0.05) is 11.4 Å². The highest BCUT2D eigenvalue weighted by Gasteiger charge is 2.10. The van der Waals surface area contributed by atoms with Gasteiger partial charge in [0.15, 0.2) is 5.01 Å². The quantitative estimate of drug-likeness (QED) is 0.598. The van der Waals surface area contributed by atoms with Crippen molar-refractivity contribution in [3.63, 3.8) is 0 Å². The van der Waals surface area contributed by atoms with Crippen molar-refractivity contribution in [1.29, 1.82) is 0 Å². The van der Waals surface area contributed by atoms with Crippen LogP contribution in [0.1, 0.15) is 17.0 Å². The van der Waals surface area contributed by atoms with E-state index in [9.17, 15) is 4.79 Å². The lowest BCUT2D eigenvalue weighted by Crippen LogP contribution is -2.12. The van der Waals surface area contributed by atoms with E-state index in [1.165, 1.54) is 11.3 Å². The molecule has 5 nitrogen and oxygen atoms in total. The molecule has 8 heteroatoms. The number of carbonyl (C=O) groups is 1. The highest BCUT2D eigenvalue weighted by molar-refractivity contribution is 7.15. The molecule has 3 aromatic rings. The van der Waals surface area contributed by atoms with Crippen LogP contribution in [0.5, 0.6) is 5.75 Å². The molecule has 0 atom stereocenters. The topological polar surface area (TPSA) is 64.1 Å². The number of halogens is 2. The van der Waals surface area contributed by atoms with Crippen LogP contribution in [-0.4, -0.2) is 16.1 Å². The van der Waals surface area contributed by atoms with Crippen LogP contribution in [0.25, 0.3) is 0 Å². The summed E-state index contributed by atoms with van der Waals surface area (Å²) in [6.45, 7) is 0.207. The summed E-state index contributed by atoms with van der Waals surface area (Å²) in [6.07, 6.45) is 1.06. The summed E-state index contributed by atoms with van der Waals surface area (Å²) in [5, 5.41) is 12.8. The van der Waals surface area contributed by atoms with Crippen LogP contribution in [0.2, 0.25) is 10.0 Å². The van der Waals surface area contributed by atoms with Gasteiger partial charge in [-0.2, -0.15) is 0 Å². The number of aromatic nitrogens is 2. The maximum absolute atomic E-state index is 12.0. The van der Waals surface area contributed by atoms with Crippen LogP contribution < -0.4 is 10.1 Å². The van der Waals surface area contributed by atoms with Crippen LogP contribution in [0, 0.1) is 0 Å². The fourth-order valence-corrected chi connectivity index (χ4v) is 3.31. The lowest BCUT2D eigenvalue weighted by molar-refractivity contribution is -0.116. The lowest BCUT2D eigenvalue weighted by atomic mass is 10.1. The first kappa shape index (κ1) is 18.6. The monoisotopic (exact) mass is 407 g/mol. The molecule has 0 aliphatic heterocycles. The number of carbonyl (C=O) groups excluding carboxylic acids is 1. The molecule has 0 saturated heterocycles. The zero-order valence-electron chi connectivity index (χ0n) is 13.6. The first-order valence-corrected chi connectivity index (χ1v) is 9.41. The summed E-state index contributed by atoms with van der Waals surface area (Å²) in [5.41, 5.74) is 1.12. The predicted molar refractivity (Wildman–Crippen MR) is 104 cm³/mol. The van der Waals surface area contributed by atoms with Gasteiger partial charge in [0.1, 0.15) is 12.4 Å². The van der Waals surface area contributed by atoms with Crippen molar-refractivity contribution in [2.45, 2.75) is 19.4 Å². The predicted octanol–water partition coefficient (Wildman–Crippen LogP) is 5.00. The maximum atomic E-state index is 12.0. The number of amides is 1. The first-order chi connectivity index (χ1) is 12.6. The third-order valence-corrected chi connectivity index (χ3v) is 4.78. The van der Waals surface area contributed by atoms with Gasteiger partial charge in [-0.05, 0) is 30.2 Å². The van der Waals surface area contributed by atoms with Crippen molar-refractivity contribution in [1.82, 2.24) is 10.2 Å². The van der Waals surface area contributed by atoms with Crippen LogP contribution in [0.15, 0.2) is 48.5 Å². The van der Waals surface area contributed by atoms with Crippen molar-refractivity contribution >= 4 is 45.6 Å². The Hall–Kier alpha value is -2.15. The number of aryl methyl sites for hydroxylation is 1. The summed E-state index contributed by atoms with van der Waals surface area (Å²) >= 11 is 13.2. The fourth-order valence-electron chi connectivity index (χ4n) is 2.18. The Bertz CT molecular complexity index is 887. The molecule has 0 unspecified atom stereocenters. The van der Waals surface area contributed by atoms with Gasteiger partial charge in [-0.3, -0.25) is 4.79 Å². The second-order valence-corrected chi connectivity index (χ2v) is 7.30. The number of anilines is 1. The second kappa shape index (κ2) is 8.98. The molecule has 26 heavy (non-hydrogen) atoms. The SMILES string of the molecule is O=C(CCc1ccccc1)Nc1nnc(COc2ccc(Cl)cc2Cl)s1. The average molecular weight is 408 g/mol. The van der Waals surface area contributed by atoms with Crippen molar-refractivity contribution < 1.29 is 9.53 Å². The first-order valence-electron chi connectivity index (χ1n) is 7.84. The summed E-state index contributed by atoms with van der Waals surface area (Å²) < 4.78 is 5.61. The fraction of sp³-hybridized carbons (Fsp3) is 0.167. The third kappa shape index (κ3) is 5.42. The van der Waals surface area contributed by atoms with Gasteiger partial charge in [-0.15, -0.1) is 10.2 Å². The Balaban J connectivity index is 1.48. The van der Waals surface area contributed by atoms with E-state index in [1.807, 2.05) is 30.3 Å². The number of nitrogens with one attached hydrogen (secondary N) is 1. The Labute approximate surface area is 164 Å². The molecular formula is C18H15Cl2N3O2S. The highest BCUT2D eigenvalue weighted by atomic mass is 35.5. The highest BCUT2D eigenvalue weighted by Crippen LogP contribution is 2.28. The summed E-state index contributed by atoms with van der Waals surface area (Å²) in [5.74, 6) is 0.415. The molecule has 1 aromatic heterocycles. The van der Waals surface area contributed by atoms with E-state index in [2.05, 4.69) is 15.5 Å². The molecule has 2 aromatic carbocycles. The van der Waals surface area contributed by atoms with Gasteiger partial charge in [0.2, 0.25) is 11.0 Å². The van der Waals surface area contributed by atoms with E-state index in [0.29, 0.717) is 38.8 Å². The minimum Gasteiger partial charge on any atom is -0.485 e. The largest absolute Gasteiger partial charge is 0.485 e. The van der Waals surface area contributed by atoms with E-state index < -0.39 is 0 Å². The molecule has 0 bridgehead atoms. The summed E-state index contributed by atoms with van der Waals surface area (Å²) in [6, 6.07) is 14.8. The standard InChI is InChI=1S/C18H15Cl2N3O2S/c19-13-7-8-15(14(20)10-13)25-11-17-22-23-18(26-17)21-16(24)9-6-12-4-2-1-3-5-12/h1-5,7-8,10H,6,9,11H2,(H,21,23,24). The van der Waals surface area contributed by atoms with E-state index >= 15 is 0 Å². The second-order valence-electron chi connectivity index (χ2n) is 5.40. The molecule has 1 N–H and O–H groups in total. The molecule has 0 fully saturated rings. The van der Waals surface area contributed by atoms with E-state index in [0.717, 1.165) is 5.56 Å². The van der Waals surface area contributed by atoms with Crippen LogP contribution in [0.3, 0.4) is 0 Å². The molecule has 0 saturated carbocycles.